The van der Waals surface area contributed by atoms with Crippen LogP contribution < -0.4 is 5.32 Å². The van der Waals surface area contributed by atoms with Crippen molar-refractivity contribution in [2.75, 3.05) is 11.5 Å². The number of nitrogens with one attached hydrogen (secondary N) is 1. The zero-order valence-corrected chi connectivity index (χ0v) is 10.2. The van der Waals surface area contributed by atoms with Crippen LogP contribution in [0.5, 0.6) is 0 Å². The molecule has 5 nitrogen and oxygen atoms in total. The van der Waals surface area contributed by atoms with Gasteiger partial charge in [0.05, 0.1) is 5.75 Å². The molecule has 1 N–H and O–H groups in total. The van der Waals surface area contributed by atoms with Gasteiger partial charge in [-0.25, -0.2) is 8.42 Å². The van der Waals surface area contributed by atoms with Crippen LogP contribution in [0.3, 0.4) is 0 Å². The van der Waals surface area contributed by atoms with E-state index in [1.54, 1.807) is 6.92 Å². The number of imide groups is 1. The summed E-state index contributed by atoms with van der Waals surface area (Å²) in [4.78, 5) is 22.2. The number of hydrogen-bond acceptors (Lipinski definition) is 4. The first-order valence-corrected chi connectivity index (χ1v) is 7.31. The van der Waals surface area contributed by atoms with Gasteiger partial charge >= 0.3 is 0 Å². The maximum Gasteiger partial charge on any atom is 0.229 e. The minimum absolute atomic E-state index is 0.126. The molecule has 0 bridgehead atoms. The van der Waals surface area contributed by atoms with Gasteiger partial charge in [-0.1, -0.05) is 6.92 Å². The molecule has 1 aliphatic rings. The third-order valence-electron chi connectivity index (χ3n) is 2.80. The zero-order valence-electron chi connectivity index (χ0n) is 9.36. The highest BCUT2D eigenvalue weighted by Gasteiger charge is 2.26. The van der Waals surface area contributed by atoms with E-state index in [-0.39, 0.29) is 29.2 Å². The van der Waals surface area contributed by atoms with E-state index < -0.39 is 9.84 Å². The van der Waals surface area contributed by atoms with Gasteiger partial charge in [0.1, 0.15) is 9.84 Å². The Bertz CT molecular complexity index is 374. The number of piperidine rings is 1. The van der Waals surface area contributed by atoms with Gasteiger partial charge in [0, 0.05) is 18.1 Å². The standard InChI is InChI=1S/C10H17NO4S/c1-2-16(14,15)7-3-4-8-5-6-9(12)11-10(8)13/h8H,2-7H2,1H3,(H,11,12,13). The summed E-state index contributed by atoms with van der Waals surface area (Å²) in [6.45, 7) is 1.61. The topological polar surface area (TPSA) is 80.3 Å². The molecule has 6 heteroatoms. The van der Waals surface area contributed by atoms with E-state index in [4.69, 9.17) is 0 Å². The van der Waals surface area contributed by atoms with Gasteiger partial charge in [-0.3, -0.25) is 14.9 Å². The van der Waals surface area contributed by atoms with Gasteiger partial charge in [-0.05, 0) is 19.3 Å². The fourth-order valence-electron chi connectivity index (χ4n) is 1.71. The van der Waals surface area contributed by atoms with E-state index in [0.29, 0.717) is 25.7 Å². The minimum Gasteiger partial charge on any atom is -0.296 e. The molecule has 0 aromatic carbocycles. The van der Waals surface area contributed by atoms with E-state index in [9.17, 15) is 18.0 Å². The maximum absolute atomic E-state index is 11.3. The molecule has 0 spiro atoms. The summed E-state index contributed by atoms with van der Waals surface area (Å²) >= 11 is 0. The third-order valence-corrected chi connectivity index (χ3v) is 4.59. The zero-order chi connectivity index (χ0) is 12.2. The monoisotopic (exact) mass is 247 g/mol. The van der Waals surface area contributed by atoms with Gasteiger partial charge in [-0.2, -0.15) is 0 Å². The van der Waals surface area contributed by atoms with Crippen LogP contribution >= 0.6 is 0 Å². The lowest BCUT2D eigenvalue weighted by Gasteiger charge is -2.20. The average Bonchev–Trinajstić information content (AvgIpc) is 2.21. The Hall–Kier alpha value is -0.910. The van der Waals surface area contributed by atoms with E-state index in [0.717, 1.165) is 0 Å². The van der Waals surface area contributed by atoms with Crippen molar-refractivity contribution in [3.05, 3.63) is 0 Å². The molecule has 92 valence electrons. The first kappa shape index (κ1) is 13.2. The van der Waals surface area contributed by atoms with E-state index in [1.807, 2.05) is 0 Å². The molecular weight excluding hydrogens is 230 g/mol. The van der Waals surface area contributed by atoms with Crippen molar-refractivity contribution in [1.82, 2.24) is 5.32 Å². The summed E-state index contributed by atoms with van der Waals surface area (Å²) < 4.78 is 22.4. The van der Waals surface area contributed by atoms with Crippen LogP contribution in [0.15, 0.2) is 0 Å². The van der Waals surface area contributed by atoms with Crippen molar-refractivity contribution >= 4 is 21.7 Å². The molecule has 1 heterocycles. The van der Waals surface area contributed by atoms with Crippen LogP contribution in [0.4, 0.5) is 0 Å². The van der Waals surface area contributed by atoms with Crippen LogP contribution in [-0.2, 0) is 19.4 Å². The van der Waals surface area contributed by atoms with E-state index >= 15 is 0 Å². The van der Waals surface area contributed by atoms with Gasteiger partial charge in [0.25, 0.3) is 0 Å². The number of carbonyl (C=O) groups excluding carboxylic acids is 2. The SMILES string of the molecule is CCS(=O)(=O)CCCC1CCC(=O)NC1=O. The van der Waals surface area contributed by atoms with Gasteiger partial charge in [0.2, 0.25) is 11.8 Å². The van der Waals surface area contributed by atoms with Crippen molar-refractivity contribution in [3.8, 4) is 0 Å². The van der Waals surface area contributed by atoms with Crippen molar-refractivity contribution in [2.45, 2.75) is 32.6 Å². The van der Waals surface area contributed by atoms with Crippen LogP contribution in [-0.4, -0.2) is 31.7 Å². The molecule has 1 atom stereocenters. The maximum atomic E-state index is 11.3. The molecule has 1 fully saturated rings. The summed E-state index contributed by atoms with van der Waals surface area (Å²) in [5.41, 5.74) is 0. The Balaban J connectivity index is 2.33. The van der Waals surface area contributed by atoms with Crippen LogP contribution in [0.2, 0.25) is 0 Å². The first-order chi connectivity index (χ1) is 7.44. The smallest absolute Gasteiger partial charge is 0.229 e. The highest BCUT2D eigenvalue weighted by atomic mass is 32.2. The van der Waals surface area contributed by atoms with Gasteiger partial charge in [0.15, 0.2) is 0 Å². The summed E-state index contributed by atoms with van der Waals surface area (Å²) in [6.07, 6.45) is 1.93. The fraction of sp³-hybridized carbons (Fsp3) is 0.800. The highest BCUT2D eigenvalue weighted by molar-refractivity contribution is 7.91. The highest BCUT2D eigenvalue weighted by Crippen LogP contribution is 2.18. The Kier molecular flexibility index (Phi) is 4.46. The number of rotatable bonds is 5. The second-order valence-electron chi connectivity index (χ2n) is 4.03. The normalized spacial score (nSPS) is 21.9. The first-order valence-electron chi connectivity index (χ1n) is 5.48. The molecular formula is C10H17NO4S. The Labute approximate surface area is 95.5 Å². The van der Waals surface area contributed by atoms with E-state index in [2.05, 4.69) is 5.32 Å². The second kappa shape index (κ2) is 5.43. The number of carbonyl (C=O) groups is 2. The predicted octanol–water partition coefficient (Wildman–Crippen LogP) is 0.254. The van der Waals surface area contributed by atoms with Gasteiger partial charge < -0.3 is 0 Å². The molecule has 1 aliphatic heterocycles. The molecule has 16 heavy (non-hydrogen) atoms. The minimum atomic E-state index is -2.95. The molecule has 0 saturated carbocycles. The summed E-state index contributed by atoms with van der Waals surface area (Å²) in [5, 5.41) is 2.26. The molecule has 1 rings (SSSR count). The van der Waals surface area contributed by atoms with Crippen molar-refractivity contribution in [3.63, 3.8) is 0 Å². The van der Waals surface area contributed by atoms with Crippen molar-refractivity contribution < 1.29 is 18.0 Å². The fourth-order valence-corrected chi connectivity index (χ4v) is 2.60. The molecule has 1 saturated heterocycles. The largest absolute Gasteiger partial charge is 0.296 e. The summed E-state index contributed by atoms with van der Waals surface area (Å²) in [6, 6.07) is 0. The van der Waals surface area contributed by atoms with Crippen LogP contribution in [0, 0.1) is 5.92 Å². The second-order valence-corrected chi connectivity index (χ2v) is 6.50. The quantitative estimate of drug-likeness (QED) is 0.706. The summed E-state index contributed by atoms with van der Waals surface area (Å²) in [5.74, 6) is -0.429. The Morgan fingerprint density at radius 3 is 2.62 bits per heavy atom. The number of amides is 2. The molecule has 0 aromatic rings. The Morgan fingerprint density at radius 2 is 2.06 bits per heavy atom. The Morgan fingerprint density at radius 1 is 1.38 bits per heavy atom. The third kappa shape index (κ3) is 3.92. The molecule has 0 aliphatic carbocycles. The van der Waals surface area contributed by atoms with E-state index in [1.165, 1.54) is 0 Å². The van der Waals surface area contributed by atoms with Crippen LogP contribution in [0.1, 0.15) is 32.6 Å². The number of hydrogen-bond donors (Lipinski definition) is 1. The molecule has 0 aromatic heterocycles. The number of sulfone groups is 1. The van der Waals surface area contributed by atoms with Crippen LogP contribution in [0.25, 0.3) is 0 Å². The molecule has 2 amide bonds. The molecule has 1 unspecified atom stereocenters. The predicted molar refractivity (Wildman–Crippen MR) is 59.4 cm³/mol. The average molecular weight is 247 g/mol. The molecule has 0 radical (unpaired) electrons. The lowest BCUT2D eigenvalue weighted by molar-refractivity contribution is -0.136. The van der Waals surface area contributed by atoms with Crippen molar-refractivity contribution in [1.29, 1.82) is 0 Å². The van der Waals surface area contributed by atoms with Gasteiger partial charge in [-0.15, -0.1) is 0 Å². The lowest BCUT2D eigenvalue weighted by Crippen LogP contribution is -2.40. The lowest BCUT2D eigenvalue weighted by atomic mass is 9.94. The van der Waals surface area contributed by atoms with Crippen molar-refractivity contribution in [2.24, 2.45) is 5.92 Å². The summed E-state index contributed by atoms with van der Waals surface area (Å²) in [7, 11) is -2.95.